The summed E-state index contributed by atoms with van der Waals surface area (Å²) in [6.45, 7) is 6.28. The maximum atomic E-state index is 10.4. The molecule has 0 saturated heterocycles. The third-order valence-electron chi connectivity index (χ3n) is 2.21. The maximum absolute atomic E-state index is 10.4. The van der Waals surface area contributed by atoms with Crippen molar-refractivity contribution in [2.75, 3.05) is 13.1 Å². The van der Waals surface area contributed by atoms with E-state index in [0.717, 1.165) is 25.8 Å². The van der Waals surface area contributed by atoms with E-state index in [1.54, 1.807) is 6.08 Å². The van der Waals surface area contributed by atoms with Gasteiger partial charge < -0.3 is 5.32 Å². The van der Waals surface area contributed by atoms with Crippen LogP contribution in [0.4, 0.5) is 0 Å². The molecule has 0 atom stereocenters. The van der Waals surface area contributed by atoms with Crippen molar-refractivity contribution in [1.82, 2.24) is 5.32 Å². The number of unbranched alkanes of at least 4 members (excludes halogenated alkanes) is 2. The van der Waals surface area contributed by atoms with Crippen LogP contribution in [0.15, 0.2) is 11.6 Å². The summed E-state index contributed by atoms with van der Waals surface area (Å²) >= 11 is 0. The van der Waals surface area contributed by atoms with E-state index in [1.165, 1.54) is 31.3 Å². The molecule has 0 bridgehead atoms. The lowest BCUT2D eigenvalue weighted by Gasteiger charge is -2.07. The second-order valence-electron chi connectivity index (χ2n) is 3.59. The Morgan fingerprint density at radius 2 is 1.93 bits per heavy atom. The molecule has 0 unspecified atom stereocenters. The Bertz CT molecular complexity index is 164. The molecule has 0 aromatic rings. The largest absolute Gasteiger partial charge is 0.313 e. The monoisotopic (exact) mass is 197 g/mol. The lowest BCUT2D eigenvalue weighted by molar-refractivity contribution is -0.104. The van der Waals surface area contributed by atoms with Crippen LogP contribution in [0, 0.1) is 0 Å². The Morgan fingerprint density at radius 3 is 2.50 bits per heavy atom. The van der Waals surface area contributed by atoms with Crippen LogP contribution in [-0.2, 0) is 4.79 Å². The molecule has 0 aromatic carbocycles. The van der Waals surface area contributed by atoms with Crippen molar-refractivity contribution in [3.05, 3.63) is 11.6 Å². The third-order valence-corrected chi connectivity index (χ3v) is 2.21. The number of hydrogen-bond acceptors (Lipinski definition) is 2. The molecular weight excluding hydrogens is 174 g/mol. The highest BCUT2D eigenvalue weighted by Gasteiger charge is 1.96. The predicted octanol–water partition coefficient (Wildman–Crippen LogP) is 2.69. The summed E-state index contributed by atoms with van der Waals surface area (Å²) in [5, 5.41) is 3.35. The molecule has 0 rings (SSSR count). The lowest BCUT2D eigenvalue weighted by Crippen LogP contribution is -2.18. The zero-order chi connectivity index (χ0) is 10.6. The first-order valence-electron chi connectivity index (χ1n) is 5.69. The van der Waals surface area contributed by atoms with E-state index >= 15 is 0 Å². The van der Waals surface area contributed by atoms with E-state index < -0.39 is 0 Å². The molecule has 2 nitrogen and oxygen atoms in total. The van der Waals surface area contributed by atoms with Gasteiger partial charge >= 0.3 is 0 Å². The molecular formula is C12H23NO. The van der Waals surface area contributed by atoms with Crippen molar-refractivity contribution in [3.8, 4) is 0 Å². The number of rotatable bonds is 9. The molecule has 0 aromatic heterocycles. The highest BCUT2D eigenvalue weighted by Crippen LogP contribution is 2.05. The number of carbonyl (C=O) groups is 1. The van der Waals surface area contributed by atoms with E-state index in [9.17, 15) is 4.79 Å². The first-order valence-corrected chi connectivity index (χ1v) is 5.69. The number of allylic oxidation sites excluding steroid dienone is 1. The molecule has 2 heteroatoms. The van der Waals surface area contributed by atoms with Crippen LogP contribution in [0.2, 0.25) is 0 Å². The Hall–Kier alpha value is -0.630. The molecule has 0 saturated carbocycles. The minimum absolute atomic E-state index is 0.874. The Morgan fingerprint density at radius 1 is 1.21 bits per heavy atom. The van der Waals surface area contributed by atoms with E-state index in [2.05, 4.69) is 19.2 Å². The maximum Gasteiger partial charge on any atom is 0.142 e. The Balaban J connectivity index is 3.62. The SMILES string of the molecule is CCCCNC/C(=C\C=O)CCCC. The van der Waals surface area contributed by atoms with Crippen molar-refractivity contribution in [3.63, 3.8) is 0 Å². The second kappa shape index (κ2) is 10.5. The molecule has 0 amide bonds. The van der Waals surface area contributed by atoms with Gasteiger partial charge in [0.15, 0.2) is 0 Å². The summed E-state index contributed by atoms with van der Waals surface area (Å²) in [6.07, 6.45) is 8.44. The Labute approximate surface area is 87.8 Å². The van der Waals surface area contributed by atoms with Crippen LogP contribution in [-0.4, -0.2) is 19.4 Å². The summed E-state index contributed by atoms with van der Waals surface area (Å²) in [5.41, 5.74) is 1.23. The van der Waals surface area contributed by atoms with Crippen molar-refractivity contribution >= 4 is 6.29 Å². The summed E-state index contributed by atoms with van der Waals surface area (Å²) in [7, 11) is 0. The van der Waals surface area contributed by atoms with Gasteiger partial charge in [-0.3, -0.25) is 4.79 Å². The molecule has 0 heterocycles. The van der Waals surface area contributed by atoms with Crippen LogP contribution in [0.5, 0.6) is 0 Å². The van der Waals surface area contributed by atoms with Gasteiger partial charge in [-0.2, -0.15) is 0 Å². The average Bonchev–Trinajstić information content (AvgIpc) is 2.20. The zero-order valence-electron chi connectivity index (χ0n) is 9.51. The van der Waals surface area contributed by atoms with Crippen LogP contribution in [0.1, 0.15) is 46.0 Å². The summed E-state index contributed by atoms with van der Waals surface area (Å²) in [6, 6.07) is 0. The van der Waals surface area contributed by atoms with Crippen molar-refractivity contribution in [2.45, 2.75) is 46.0 Å². The van der Waals surface area contributed by atoms with Gasteiger partial charge in [-0.15, -0.1) is 0 Å². The van der Waals surface area contributed by atoms with Gasteiger partial charge in [0.25, 0.3) is 0 Å². The highest BCUT2D eigenvalue weighted by molar-refractivity contribution is 5.66. The molecule has 0 radical (unpaired) electrons. The number of nitrogens with one attached hydrogen (secondary N) is 1. The standard InChI is InChI=1S/C12H23NO/c1-3-5-7-12(8-10-14)11-13-9-6-4-2/h8,10,13H,3-7,9,11H2,1-2H3/b12-8-. The summed E-state index contributed by atoms with van der Waals surface area (Å²) in [4.78, 5) is 10.4. The summed E-state index contributed by atoms with van der Waals surface area (Å²) in [5.74, 6) is 0. The van der Waals surface area contributed by atoms with E-state index in [1.807, 2.05) is 0 Å². The molecule has 82 valence electrons. The normalized spacial score (nSPS) is 11.7. The topological polar surface area (TPSA) is 29.1 Å². The van der Waals surface area contributed by atoms with Crippen LogP contribution in [0.3, 0.4) is 0 Å². The predicted molar refractivity (Wildman–Crippen MR) is 61.4 cm³/mol. The fraction of sp³-hybridized carbons (Fsp3) is 0.750. The number of hydrogen-bond donors (Lipinski definition) is 1. The van der Waals surface area contributed by atoms with Crippen molar-refractivity contribution in [2.24, 2.45) is 0 Å². The van der Waals surface area contributed by atoms with Crippen LogP contribution in [0.25, 0.3) is 0 Å². The van der Waals surface area contributed by atoms with E-state index in [-0.39, 0.29) is 0 Å². The fourth-order valence-corrected chi connectivity index (χ4v) is 1.28. The van der Waals surface area contributed by atoms with Crippen LogP contribution >= 0.6 is 0 Å². The Kier molecular flexibility index (Phi) is 9.98. The van der Waals surface area contributed by atoms with Gasteiger partial charge in [-0.05, 0) is 31.9 Å². The average molecular weight is 197 g/mol. The molecule has 0 aliphatic heterocycles. The highest BCUT2D eigenvalue weighted by atomic mass is 16.1. The zero-order valence-corrected chi connectivity index (χ0v) is 9.51. The molecule has 1 N–H and O–H groups in total. The molecule has 14 heavy (non-hydrogen) atoms. The van der Waals surface area contributed by atoms with Gasteiger partial charge in [-0.25, -0.2) is 0 Å². The van der Waals surface area contributed by atoms with E-state index in [0.29, 0.717) is 0 Å². The minimum Gasteiger partial charge on any atom is -0.313 e. The number of carbonyl (C=O) groups excluding carboxylic acids is 1. The molecule has 0 spiro atoms. The third kappa shape index (κ3) is 7.99. The van der Waals surface area contributed by atoms with Gasteiger partial charge in [-0.1, -0.05) is 32.3 Å². The summed E-state index contributed by atoms with van der Waals surface area (Å²) < 4.78 is 0. The van der Waals surface area contributed by atoms with E-state index in [4.69, 9.17) is 0 Å². The van der Waals surface area contributed by atoms with Crippen molar-refractivity contribution in [1.29, 1.82) is 0 Å². The fourth-order valence-electron chi connectivity index (χ4n) is 1.28. The van der Waals surface area contributed by atoms with Gasteiger partial charge in [0.2, 0.25) is 0 Å². The molecule has 0 fully saturated rings. The quantitative estimate of drug-likeness (QED) is 0.350. The molecule has 0 aliphatic carbocycles. The number of aldehydes is 1. The van der Waals surface area contributed by atoms with Gasteiger partial charge in [0.1, 0.15) is 6.29 Å². The minimum atomic E-state index is 0.874. The first-order chi connectivity index (χ1) is 6.85. The van der Waals surface area contributed by atoms with Crippen LogP contribution < -0.4 is 5.32 Å². The van der Waals surface area contributed by atoms with Gasteiger partial charge in [0, 0.05) is 6.54 Å². The smallest absolute Gasteiger partial charge is 0.142 e. The first kappa shape index (κ1) is 13.4. The lowest BCUT2D eigenvalue weighted by atomic mass is 10.1. The molecule has 0 aliphatic rings. The second-order valence-corrected chi connectivity index (χ2v) is 3.59. The van der Waals surface area contributed by atoms with Gasteiger partial charge in [0.05, 0.1) is 0 Å². The van der Waals surface area contributed by atoms with Crippen molar-refractivity contribution < 1.29 is 4.79 Å².